The topological polar surface area (TPSA) is 92.1 Å². The van der Waals surface area contributed by atoms with Gasteiger partial charge in [-0.05, 0) is 13.0 Å². The lowest BCUT2D eigenvalue weighted by Crippen LogP contribution is -2.38. The maximum atomic E-state index is 11.6. The number of anilines is 1. The molecule has 2 amide bonds. The van der Waals surface area contributed by atoms with Gasteiger partial charge in [-0.15, -0.1) is 0 Å². The zero-order valence-electron chi connectivity index (χ0n) is 11.0. The average molecular weight is 330 g/mol. The lowest BCUT2D eigenvalue weighted by molar-refractivity contribution is 0.229. The largest absolute Gasteiger partial charge is 0.394 e. The number of carbonyl (C=O) groups is 1. The molecular formula is C12H13Cl2N5O2. The molecule has 7 nitrogen and oxygen atoms in total. The molecule has 0 fully saturated rings. The summed E-state index contributed by atoms with van der Waals surface area (Å²) in [5.41, 5.74) is 0.463. The first-order valence-corrected chi connectivity index (χ1v) is 6.79. The van der Waals surface area contributed by atoms with Crippen molar-refractivity contribution in [3.05, 3.63) is 34.7 Å². The lowest BCUT2D eigenvalue weighted by Gasteiger charge is -2.10. The second-order valence-corrected chi connectivity index (χ2v) is 5.16. The predicted molar refractivity (Wildman–Crippen MR) is 80.1 cm³/mol. The van der Waals surface area contributed by atoms with Crippen molar-refractivity contribution in [1.29, 1.82) is 0 Å². The van der Waals surface area contributed by atoms with E-state index >= 15 is 0 Å². The normalized spacial score (nSPS) is 12.0. The first-order chi connectivity index (χ1) is 9.99. The van der Waals surface area contributed by atoms with Crippen molar-refractivity contribution in [1.82, 2.24) is 20.1 Å². The van der Waals surface area contributed by atoms with Gasteiger partial charge in [-0.3, -0.25) is 0 Å². The first-order valence-electron chi connectivity index (χ1n) is 6.04. The third kappa shape index (κ3) is 4.07. The fourth-order valence-electron chi connectivity index (χ4n) is 1.52. The molecule has 0 aromatic carbocycles. The van der Waals surface area contributed by atoms with Gasteiger partial charge in [0, 0.05) is 6.20 Å². The van der Waals surface area contributed by atoms with Crippen molar-refractivity contribution in [3.8, 4) is 5.82 Å². The van der Waals surface area contributed by atoms with E-state index in [1.54, 1.807) is 19.2 Å². The van der Waals surface area contributed by atoms with Crippen LogP contribution < -0.4 is 10.6 Å². The Morgan fingerprint density at radius 2 is 2.24 bits per heavy atom. The Labute approximate surface area is 130 Å². The van der Waals surface area contributed by atoms with E-state index in [0.29, 0.717) is 21.6 Å². The van der Waals surface area contributed by atoms with Crippen LogP contribution in [-0.4, -0.2) is 38.6 Å². The van der Waals surface area contributed by atoms with Crippen molar-refractivity contribution >= 4 is 34.9 Å². The van der Waals surface area contributed by atoms with E-state index in [-0.39, 0.29) is 12.6 Å². The van der Waals surface area contributed by atoms with Crippen LogP contribution in [0.3, 0.4) is 0 Å². The minimum absolute atomic E-state index is 0.142. The SMILES string of the molecule is C[C@@H](CO)NC(=O)Nc1cnn(-c2ncc(Cl)cc2Cl)c1. The molecule has 0 saturated carbocycles. The molecular weight excluding hydrogens is 317 g/mol. The second kappa shape index (κ2) is 6.75. The van der Waals surface area contributed by atoms with Gasteiger partial charge in [-0.25, -0.2) is 14.5 Å². The third-order valence-corrected chi connectivity index (χ3v) is 2.98. The van der Waals surface area contributed by atoms with E-state index in [1.807, 2.05) is 0 Å². The van der Waals surface area contributed by atoms with E-state index < -0.39 is 6.03 Å². The van der Waals surface area contributed by atoms with Gasteiger partial charge in [0.05, 0.1) is 40.8 Å². The van der Waals surface area contributed by atoms with Crippen LogP contribution in [0.1, 0.15) is 6.92 Å². The van der Waals surface area contributed by atoms with Crippen LogP contribution in [0.4, 0.5) is 10.5 Å². The molecule has 0 radical (unpaired) electrons. The van der Waals surface area contributed by atoms with Crippen molar-refractivity contribution in [2.75, 3.05) is 11.9 Å². The summed E-state index contributed by atoms with van der Waals surface area (Å²) in [6, 6.07) is 0.772. The highest BCUT2D eigenvalue weighted by atomic mass is 35.5. The summed E-state index contributed by atoms with van der Waals surface area (Å²) >= 11 is 11.8. The number of hydrogen-bond donors (Lipinski definition) is 3. The van der Waals surface area contributed by atoms with Gasteiger partial charge in [0.15, 0.2) is 5.82 Å². The van der Waals surface area contributed by atoms with E-state index in [0.717, 1.165) is 0 Å². The van der Waals surface area contributed by atoms with E-state index in [4.69, 9.17) is 28.3 Å². The number of rotatable bonds is 4. The van der Waals surface area contributed by atoms with Crippen LogP contribution >= 0.6 is 23.2 Å². The molecule has 112 valence electrons. The Hall–Kier alpha value is -1.83. The molecule has 0 aliphatic rings. The number of amides is 2. The molecule has 0 aliphatic carbocycles. The maximum absolute atomic E-state index is 11.6. The molecule has 2 rings (SSSR count). The number of aromatic nitrogens is 3. The van der Waals surface area contributed by atoms with Crippen molar-refractivity contribution in [2.45, 2.75) is 13.0 Å². The van der Waals surface area contributed by atoms with Gasteiger partial charge in [-0.1, -0.05) is 23.2 Å². The third-order valence-electron chi connectivity index (χ3n) is 2.50. The molecule has 0 spiro atoms. The number of halogens is 2. The fourth-order valence-corrected chi connectivity index (χ4v) is 1.98. The van der Waals surface area contributed by atoms with E-state index in [1.165, 1.54) is 17.1 Å². The minimum Gasteiger partial charge on any atom is -0.394 e. The van der Waals surface area contributed by atoms with Gasteiger partial charge < -0.3 is 15.7 Å². The van der Waals surface area contributed by atoms with Gasteiger partial charge in [-0.2, -0.15) is 5.10 Å². The molecule has 2 aromatic rings. The fraction of sp³-hybridized carbons (Fsp3) is 0.250. The highest BCUT2D eigenvalue weighted by molar-refractivity contribution is 6.35. The average Bonchev–Trinajstić information content (AvgIpc) is 2.86. The molecule has 0 bridgehead atoms. The van der Waals surface area contributed by atoms with Crippen molar-refractivity contribution < 1.29 is 9.90 Å². The molecule has 0 saturated heterocycles. The van der Waals surface area contributed by atoms with Crippen LogP contribution in [0.2, 0.25) is 10.0 Å². The Morgan fingerprint density at radius 3 is 2.90 bits per heavy atom. The summed E-state index contributed by atoms with van der Waals surface area (Å²) in [6.45, 7) is 1.54. The van der Waals surface area contributed by atoms with Crippen molar-refractivity contribution in [2.24, 2.45) is 0 Å². The molecule has 1 atom stereocenters. The number of carbonyl (C=O) groups excluding carboxylic acids is 1. The highest BCUT2D eigenvalue weighted by Gasteiger charge is 2.10. The van der Waals surface area contributed by atoms with Gasteiger partial charge in [0.1, 0.15) is 0 Å². The van der Waals surface area contributed by atoms with Crippen molar-refractivity contribution in [3.63, 3.8) is 0 Å². The second-order valence-electron chi connectivity index (χ2n) is 4.31. The van der Waals surface area contributed by atoms with E-state index in [2.05, 4.69) is 20.7 Å². The quantitative estimate of drug-likeness (QED) is 0.800. The summed E-state index contributed by atoms with van der Waals surface area (Å²) in [5, 5.41) is 18.8. The summed E-state index contributed by atoms with van der Waals surface area (Å²) < 4.78 is 1.42. The summed E-state index contributed by atoms with van der Waals surface area (Å²) in [7, 11) is 0. The maximum Gasteiger partial charge on any atom is 0.319 e. The summed E-state index contributed by atoms with van der Waals surface area (Å²) in [5.74, 6) is 0.401. The Kier molecular flexibility index (Phi) is 5.00. The molecule has 21 heavy (non-hydrogen) atoms. The Balaban J connectivity index is 2.09. The lowest BCUT2D eigenvalue weighted by atomic mass is 10.4. The molecule has 0 unspecified atom stereocenters. The number of nitrogens with one attached hydrogen (secondary N) is 2. The zero-order valence-corrected chi connectivity index (χ0v) is 12.6. The van der Waals surface area contributed by atoms with Crippen LogP contribution in [0.25, 0.3) is 5.82 Å². The minimum atomic E-state index is -0.439. The van der Waals surface area contributed by atoms with Gasteiger partial charge in [0.2, 0.25) is 0 Å². The number of pyridine rings is 1. The number of nitrogens with zero attached hydrogens (tertiary/aromatic N) is 3. The monoisotopic (exact) mass is 329 g/mol. The van der Waals surface area contributed by atoms with Gasteiger partial charge in [0.25, 0.3) is 0 Å². The Bertz CT molecular complexity index is 646. The molecule has 2 heterocycles. The van der Waals surface area contributed by atoms with Crippen LogP contribution in [0.15, 0.2) is 24.7 Å². The number of aliphatic hydroxyl groups excluding tert-OH is 1. The number of urea groups is 1. The zero-order chi connectivity index (χ0) is 15.4. The molecule has 2 aromatic heterocycles. The summed E-state index contributed by atoms with van der Waals surface area (Å²) in [6.07, 6.45) is 4.47. The molecule has 9 heteroatoms. The smallest absolute Gasteiger partial charge is 0.319 e. The standard InChI is InChI=1S/C12H13Cl2N5O2/c1-7(6-20)17-12(21)18-9-4-16-19(5-9)11-10(14)2-8(13)3-15-11/h2-5,7,20H,6H2,1H3,(H2,17,18,21)/t7-/m0/s1. The first kappa shape index (κ1) is 15.6. The number of aliphatic hydroxyl groups is 1. The van der Waals surface area contributed by atoms with Crippen LogP contribution in [-0.2, 0) is 0 Å². The molecule has 0 aliphatic heterocycles. The molecule has 3 N–H and O–H groups in total. The number of hydrogen-bond acceptors (Lipinski definition) is 4. The van der Waals surface area contributed by atoms with Gasteiger partial charge >= 0.3 is 6.03 Å². The van der Waals surface area contributed by atoms with E-state index in [9.17, 15) is 4.79 Å². The van der Waals surface area contributed by atoms with Crippen LogP contribution in [0.5, 0.6) is 0 Å². The Morgan fingerprint density at radius 1 is 1.48 bits per heavy atom. The highest BCUT2D eigenvalue weighted by Crippen LogP contribution is 2.22. The van der Waals surface area contributed by atoms with Crippen LogP contribution in [0, 0.1) is 0 Å². The summed E-state index contributed by atoms with van der Waals surface area (Å²) in [4.78, 5) is 15.7. The predicted octanol–water partition coefficient (Wildman–Crippen LogP) is 2.08.